The van der Waals surface area contributed by atoms with Gasteiger partial charge in [0.2, 0.25) is 0 Å². The van der Waals surface area contributed by atoms with E-state index in [4.69, 9.17) is 0 Å². The number of sulfone groups is 1. The van der Waals surface area contributed by atoms with Gasteiger partial charge in [-0.05, 0) is 11.1 Å². The minimum atomic E-state index is -5.73. The van der Waals surface area contributed by atoms with Crippen LogP contribution >= 0.6 is 0 Å². The third-order valence-corrected chi connectivity index (χ3v) is 5.85. The second kappa shape index (κ2) is 6.70. The van der Waals surface area contributed by atoms with E-state index >= 15 is 0 Å². The van der Waals surface area contributed by atoms with E-state index < -0.39 is 43.8 Å². The molecule has 0 heterocycles. The zero-order valence-corrected chi connectivity index (χ0v) is 13.2. The Morgan fingerprint density at radius 1 is 0.600 bits per heavy atom. The Morgan fingerprint density at radius 2 is 0.880 bits per heavy atom. The highest BCUT2D eigenvalue weighted by Crippen LogP contribution is 2.49. The molecule has 25 heavy (non-hydrogen) atoms. The molecule has 0 aliphatic rings. The fraction of sp³-hybridized carbons (Fsp3) is 0.250. The number of rotatable bonds is 4. The van der Waals surface area contributed by atoms with Gasteiger partial charge in [0.05, 0.1) is 0 Å². The van der Waals surface area contributed by atoms with E-state index in [0.29, 0.717) is 0 Å². The molecule has 0 saturated heterocycles. The van der Waals surface area contributed by atoms with Gasteiger partial charge in [0.15, 0.2) is 20.3 Å². The van der Waals surface area contributed by atoms with Crippen LogP contribution in [-0.2, 0) is 9.84 Å². The average molecular weight is 382 g/mol. The zero-order valence-electron chi connectivity index (χ0n) is 12.4. The van der Waals surface area contributed by atoms with Gasteiger partial charge in [-0.15, -0.1) is 0 Å². The summed E-state index contributed by atoms with van der Waals surface area (Å²) in [5.74, 6) is 0. The van der Waals surface area contributed by atoms with Gasteiger partial charge in [-0.1, -0.05) is 60.7 Å². The van der Waals surface area contributed by atoms with Gasteiger partial charge in [0, 0.05) is 0 Å². The molecule has 0 N–H and O–H groups in total. The number of hydrogen-bond donors (Lipinski definition) is 0. The molecule has 0 aromatic heterocycles. The molecule has 0 aliphatic heterocycles. The summed E-state index contributed by atoms with van der Waals surface area (Å²) in [5.41, 5.74) is -1.53. The summed E-state index contributed by atoms with van der Waals surface area (Å²) in [5, 5.41) is -6.57. The summed E-state index contributed by atoms with van der Waals surface area (Å²) in [4.78, 5) is 0. The standard InChI is InChI=1S/C16H12F6O2S/c17-15(18,19)13(11-7-3-1-4-8-11)25(23,24)14(16(20,21)22)12-9-5-2-6-10-12/h1-10,13-14H. The van der Waals surface area contributed by atoms with Crippen LogP contribution in [-0.4, -0.2) is 20.8 Å². The first-order valence-corrected chi connectivity index (χ1v) is 8.52. The van der Waals surface area contributed by atoms with Gasteiger partial charge in [0.25, 0.3) is 0 Å². The van der Waals surface area contributed by atoms with Gasteiger partial charge in [0.1, 0.15) is 0 Å². The van der Waals surface area contributed by atoms with Crippen LogP contribution in [0.1, 0.15) is 21.6 Å². The maximum atomic E-state index is 13.4. The number of benzene rings is 2. The molecule has 0 saturated carbocycles. The third-order valence-electron chi connectivity index (χ3n) is 3.46. The first kappa shape index (κ1) is 19.3. The Bertz CT molecular complexity index is 735. The Morgan fingerprint density at radius 3 is 1.12 bits per heavy atom. The highest BCUT2D eigenvalue weighted by molar-refractivity contribution is 7.92. The van der Waals surface area contributed by atoms with Crippen molar-refractivity contribution in [2.45, 2.75) is 22.9 Å². The van der Waals surface area contributed by atoms with Crippen LogP contribution in [0.25, 0.3) is 0 Å². The van der Waals surface area contributed by atoms with E-state index in [9.17, 15) is 34.8 Å². The Kier molecular flexibility index (Phi) is 5.17. The largest absolute Gasteiger partial charge is 0.409 e. The molecular weight excluding hydrogens is 370 g/mol. The molecule has 0 fully saturated rings. The van der Waals surface area contributed by atoms with Crippen LogP contribution in [0.5, 0.6) is 0 Å². The van der Waals surface area contributed by atoms with Crippen molar-refractivity contribution in [3.63, 3.8) is 0 Å². The number of alkyl halides is 6. The van der Waals surface area contributed by atoms with Crippen molar-refractivity contribution in [3.05, 3.63) is 71.8 Å². The molecule has 2 atom stereocenters. The van der Waals surface area contributed by atoms with Gasteiger partial charge >= 0.3 is 12.4 Å². The summed E-state index contributed by atoms with van der Waals surface area (Å²) in [6, 6.07) is 10.6. The van der Waals surface area contributed by atoms with Crippen LogP contribution in [0.4, 0.5) is 26.3 Å². The molecule has 0 bridgehead atoms. The first-order valence-electron chi connectivity index (χ1n) is 6.91. The predicted octanol–water partition coefficient (Wildman–Crippen LogP) is 5.01. The van der Waals surface area contributed by atoms with Crippen molar-refractivity contribution in [2.75, 3.05) is 0 Å². The number of hydrogen-bond acceptors (Lipinski definition) is 2. The SMILES string of the molecule is O=S(=O)(C(c1ccccc1)C(F)(F)F)C(c1ccccc1)C(F)(F)F. The molecule has 2 aromatic rings. The minimum absolute atomic E-state index is 0.764. The maximum absolute atomic E-state index is 13.4. The molecule has 0 radical (unpaired) electrons. The van der Waals surface area contributed by atoms with E-state index in [1.54, 1.807) is 0 Å². The molecule has 2 aromatic carbocycles. The fourth-order valence-corrected chi connectivity index (χ4v) is 4.61. The summed E-state index contributed by atoms with van der Waals surface area (Å²) in [6.07, 6.45) is -10.8. The van der Waals surface area contributed by atoms with Crippen LogP contribution in [0.15, 0.2) is 60.7 Å². The predicted molar refractivity (Wildman–Crippen MR) is 79.4 cm³/mol. The van der Waals surface area contributed by atoms with Gasteiger partial charge < -0.3 is 0 Å². The van der Waals surface area contributed by atoms with E-state index in [2.05, 4.69) is 0 Å². The van der Waals surface area contributed by atoms with Crippen molar-refractivity contribution in [2.24, 2.45) is 0 Å². The van der Waals surface area contributed by atoms with Crippen molar-refractivity contribution < 1.29 is 34.8 Å². The van der Waals surface area contributed by atoms with Gasteiger partial charge in [-0.3, -0.25) is 0 Å². The molecule has 9 heteroatoms. The Labute approximate surface area is 140 Å². The van der Waals surface area contributed by atoms with E-state index in [1.807, 2.05) is 0 Å². The monoisotopic (exact) mass is 382 g/mol. The molecule has 0 aliphatic carbocycles. The Hall–Kier alpha value is -2.03. The molecule has 136 valence electrons. The summed E-state index contributed by atoms with van der Waals surface area (Å²) < 4.78 is 105. The third kappa shape index (κ3) is 4.15. The normalized spacial score (nSPS) is 15.6. The number of halogens is 6. The molecular formula is C16H12F6O2S. The highest BCUT2D eigenvalue weighted by Gasteiger charge is 2.59. The van der Waals surface area contributed by atoms with Crippen molar-refractivity contribution >= 4 is 9.84 Å². The van der Waals surface area contributed by atoms with Crippen molar-refractivity contribution in [1.29, 1.82) is 0 Å². The second-order valence-corrected chi connectivity index (χ2v) is 7.37. The lowest BCUT2D eigenvalue weighted by atomic mass is 10.1. The van der Waals surface area contributed by atoms with Crippen LogP contribution in [0, 0.1) is 0 Å². The summed E-state index contributed by atoms with van der Waals surface area (Å²) >= 11 is 0. The Balaban J connectivity index is 2.69. The smallest absolute Gasteiger partial charge is 0.227 e. The maximum Gasteiger partial charge on any atom is 0.409 e. The van der Waals surface area contributed by atoms with Gasteiger partial charge in [-0.25, -0.2) is 8.42 Å². The van der Waals surface area contributed by atoms with Crippen LogP contribution in [0.2, 0.25) is 0 Å². The second-order valence-electron chi connectivity index (χ2n) is 5.25. The lowest BCUT2D eigenvalue weighted by Crippen LogP contribution is -2.37. The molecule has 2 unspecified atom stereocenters. The minimum Gasteiger partial charge on any atom is -0.227 e. The highest BCUT2D eigenvalue weighted by atomic mass is 32.2. The molecule has 0 spiro atoms. The average Bonchev–Trinajstić information content (AvgIpc) is 2.45. The van der Waals surface area contributed by atoms with Crippen molar-refractivity contribution in [3.8, 4) is 0 Å². The zero-order chi connectivity index (χ0) is 18.9. The fourth-order valence-electron chi connectivity index (χ4n) is 2.52. The summed E-state index contributed by atoms with van der Waals surface area (Å²) in [6.45, 7) is 0. The first-order chi connectivity index (χ1) is 11.5. The van der Waals surface area contributed by atoms with Crippen LogP contribution < -0.4 is 0 Å². The van der Waals surface area contributed by atoms with E-state index in [0.717, 1.165) is 48.5 Å². The molecule has 2 rings (SSSR count). The molecule has 2 nitrogen and oxygen atoms in total. The van der Waals surface area contributed by atoms with E-state index in [-0.39, 0.29) is 0 Å². The molecule has 0 amide bonds. The van der Waals surface area contributed by atoms with Crippen molar-refractivity contribution in [1.82, 2.24) is 0 Å². The topological polar surface area (TPSA) is 34.1 Å². The lowest BCUT2D eigenvalue weighted by Gasteiger charge is -2.28. The summed E-state index contributed by atoms with van der Waals surface area (Å²) in [7, 11) is -5.73. The van der Waals surface area contributed by atoms with Gasteiger partial charge in [-0.2, -0.15) is 26.3 Å². The lowest BCUT2D eigenvalue weighted by molar-refractivity contribution is -0.140. The quantitative estimate of drug-likeness (QED) is 0.697. The van der Waals surface area contributed by atoms with Crippen LogP contribution in [0.3, 0.4) is 0 Å². The van der Waals surface area contributed by atoms with E-state index in [1.165, 1.54) is 12.1 Å².